The van der Waals surface area contributed by atoms with E-state index >= 15 is 0 Å². The minimum Gasteiger partial charge on any atom is -0.336 e. The third-order valence-electron chi connectivity index (χ3n) is 5.38. The second kappa shape index (κ2) is 8.19. The van der Waals surface area contributed by atoms with Crippen molar-refractivity contribution in [2.45, 2.75) is 25.8 Å². The zero-order valence-electron chi connectivity index (χ0n) is 15.7. The van der Waals surface area contributed by atoms with E-state index in [0.717, 1.165) is 42.6 Å². The molecule has 3 heterocycles. The van der Waals surface area contributed by atoms with Crippen LogP contribution in [-0.2, 0) is 17.8 Å². The lowest BCUT2D eigenvalue weighted by Crippen LogP contribution is -2.50. The molecular weight excluding hydrogens is 376 g/mol. The van der Waals surface area contributed by atoms with Crippen molar-refractivity contribution >= 4 is 29.5 Å². The quantitative estimate of drug-likeness (QED) is 0.747. The molecule has 7 heteroatoms. The van der Waals surface area contributed by atoms with E-state index in [4.69, 9.17) is 11.6 Å². The van der Waals surface area contributed by atoms with Crippen LogP contribution in [0.3, 0.4) is 0 Å². The Bertz CT molecular complexity index is 896. The molecule has 1 aromatic carbocycles. The number of piperazine rings is 1. The molecule has 2 amide bonds. The summed E-state index contributed by atoms with van der Waals surface area (Å²) in [7, 11) is 0. The molecule has 0 radical (unpaired) electrons. The number of hydrogen-bond acceptors (Lipinski definition) is 3. The molecule has 146 valence electrons. The number of halogens is 1. The Morgan fingerprint density at radius 3 is 2.43 bits per heavy atom. The smallest absolute Gasteiger partial charge is 0.257 e. The van der Waals surface area contributed by atoms with Crippen molar-refractivity contribution in [1.29, 1.82) is 0 Å². The molecule has 4 rings (SSSR count). The van der Waals surface area contributed by atoms with Gasteiger partial charge in [-0.3, -0.25) is 14.3 Å². The van der Waals surface area contributed by atoms with Crippen LogP contribution < -0.4 is 0 Å². The average molecular weight is 399 g/mol. The molecule has 1 aromatic heterocycles. The van der Waals surface area contributed by atoms with Gasteiger partial charge in [0.05, 0.1) is 17.5 Å². The number of amides is 2. The Hall–Kier alpha value is -2.60. The van der Waals surface area contributed by atoms with Gasteiger partial charge in [-0.25, -0.2) is 0 Å². The van der Waals surface area contributed by atoms with Crippen LogP contribution in [0.25, 0.3) is 6.08 Å². The standard InChI is InChI=1S/C21H23ClN4O2/c22-17-7-4-16(5-8-17)6-9-20(27)24-11-13-25(14-12-24)21(28)18-15-23-26-10-2-1-3-19(18)26/h4-9,15H,1-3,10-14H2/b9-6+. The molecule has 0 saturated carbocycles. The molecule has 2 aromatic rings. The van der Waals surface area contributed by atoms with Crippen LogP contribution >= 0.6 is 11.6 Å². The van der Waals surface area contributed by atoms with Crippen LogP contribution in [0.5, 0.6) is 0 Å². The van der Waals surface area contributed by atoms with E-state index in [1.165, 1.54) is 0 Å². The summed E-state index contributed by atoms with van der Waals surface area (Å²) in [6.07, 6.45) is 8.20. The van der Waals surface area contributed by atoms with Gasteiger partial charge < -0.3 is 9.80 Å². The van der Waals surface area contributed by atoms with E-state index in [2.05, 4.69) is 5.10 Å². The molecule has 28 heavy (non-hydrogen) atoms. The Morgan fingerprint density at radius 1 is 0.964 bits per heavy atom. The summed E-state index contributed by atoms with van der Waals surface area (Å²) in [6, 6.07) is 7.34. The highest BCUT2D eigenvalue weighted by Crippen LogP contribution is 2.20. The van der Waals surface area contributed by atoms with E-state index in [0.29, 0.717) is 31.2 Å². The number of rotatable bonds is 3. The second-order valence-corrected chi connectivity index (χ2v) is 7.62. The fraction of sp³-hybridized carbons (Fsp3) is 0.381. The predicted molar refractivity (Wildman–Crippen MR) is 108 cm³/mol. The molecule has 0 bridgehead atoms. The minimum atomic E-state index is -0.0371. The Morgan fingerprint density at radius 2 is 1.68 bits per heavy atom. The van der Waals surface area contributed by atoms with Gasteiger partial charge >= 0.3 is 0 Å². The Balaban J connectivity index is 1.34. The first-order valence-corrected chi connectivity index (χ1v) is 10.1. The highest BCUT2D eigenvalue weighted by molar-refractivity contribution is 6.30. The molecule has 0 spiro atoms. The third kappa shape index (κ3) is 3.97. The lowest BCUT2D eigenvalue weighted by atomic mass is 10.1. The summed E-state index contributed by atoms with van der Waals surface area (Å²) in [4.78, 5) is 28.9. The lowest BCUT2D eigenvalue weighted by molar-refractivity contribution is -0.127. The number of fused-ring (bicyclic) bond motifs is 1. The molecule has 0 aliphatic carbocycles. The molecule has 2 aliphatic rings. The summed E-state index contributed by atoms with van der Waals surface area (Å²) in [6.45, 7) is 3.07. The van der Waals surface area contributed by atoms with E-state index in [9.17, 15) is 9.59 Å². The maximum absolute atomic E-state index is 12.9. The van der Waals surface area contributed by atoms with Crippen molar-refractivity contribution in [2.24, 2.45) is 0 Å². The van der Waals surface area contributed by atoms with Gasteiger partial charge in [-0.2, -0.15) is 5.10 Å². The van der Waals surface area contributed by atoms with E-state index < -0.39 is 0 Å². The van der Waals surface area contributed by atoms with Gasteiger partial charge in [0.2, 0.25) is 5.91 Å². The van der Waals surface area contributed by atoms with Crippen molar-refractivity contribution in [3.8, 4) is 0 Å². The molecule has 0 atom stereocenters. The van der Waals surface area contributed by atoms with Crippen LogP contribution in [0.2, 0.25) is 5.02 Å². The van der Waals surface area contributed by atoms with Crippen LogP contribution in [0.1, 0.15) is 34.5 Å². The Labute approximate surface area is 169 Å². The fourth-order valence-corrected chi connectivity index (χ4v) is 3.87. The summed E-state index contributed by atoms with van der Waals surface area (Å²) in [5.74, 6) is -0.00285. The number of aromatic nitrogens is 2. The number of benzene rings is 1. The first kappa shape index (κ1) is 18.7. The monoisotopic (exact) mass is 398 g/mol. The summed E-state index contributed by atoms with van der Waals surface area (Å²) in [5.41, 5.74) is 2.71. The van der Waals surface area contributed by atoms with Crippen LogP contribution in [-0.4, -0.2) is 57.6 Å². The van der Waals surface area contributed by atoms with Crippen molar-refractivity contribution in [1.82, 2.24) is 19.6 Å². The average Bonchev–Trinajstić information content (AvgIpc) is 3.17. The first-order valence-electron chi connectivity index (χ1n) is 9.68. The van der Waals surface area contributed by atoms with Gasteiger partial charge in [-0.15, -0.1) is 0 Å². The highest BCUT2D eigenvalue weighted by Gasteiger charge is 2.27. The maximum atomic E-state index is 12.9. The van der Waals surface area contributed by atoms with Gasteiger partial charge in [-0.05, 0) is 43.0 Å². The Kier molecular flexibility index (Phi) is 5.48. The van der Waals surface area contributed by atoms with Gasteiger partial charge in [-0.1, -0.05) is 23.7 Å². The predicted octanol–water partition coefficient (Wildman–Crippen LogP) is 2.87. The van der Waals surface area contributed by atoms with Crippen molar-refractivity contribution < 1.29 is 9.59 Å². The van der Waals surface area contributed by atoms with Gasteiger partial charge in [0, 0.05) is 43.8 Å². The number of hydrogen-bond donors (Lipinski definition) is 0. The number of carbonyl (C=O) groups is 2. The highest BCUT2D eigenvalue weighted by atomic mass is 35.5. The fourth-order valence-electron chi connectivity index (χ4n) is 3.75. The molecule has 0 N–H and O–H groups in total. The lowest BCUT2D eigenvalue weighted by Gasteiger charge is -2.34. The van der Waals surface area contributed by atoms with Crippen molar-refractivity contribution in [2.75, 3.05) is 26.2 Å². The van der Waals surface area contributed by atoms with Crippen molar-refractivity contribution in [3.63, 3.8) is 0 Å². The number of aryl methyl sites for hydroxylation is 1. The van der Waals surface area contributed by atoms with Crippen LogP contribution in [0, 0.1) is 0 Å². The van der Waals surface area contributed by atoms with Gasteiger partial charge in [0.1, 0.15) is 0 Å². The molecule has 1 fully saturated rings. The normalized spacial score (nSPS) is 17.0. The van der Waals surface area contributed by atoms with E-state index in [1.54, 1.807) is 35.4 Å². The van der Waals surface area contributed by atoms with Crippen LogP contribution in [0.15, 0.2) is 36.5 Å². The van der Waals surface area contributed by atoms with E-state index in [-0.39, 0.29) is 11.8 Å². The first-order chi connectivity index (χ1) is 13.6. The largest absolute Gasteiger partial charge is 0.336 e. The molecule has 2 aliphatic heterocycles. The number of nitrogens with zero attached hydrogens (tertiary/aromatic N) is 4. The zero-order valence-corrected chi connectivity index (χ0v) is 16.4. The summed E-state index contributed by atoms with van der Waals surface area (Å²) < 4.78 is 1.96. The minimum absolute atomic E-state index is 0.0342. The summed E-state index contributed by atoms with van der Waals surface area (Å²) >= 11 is 5.87. The SMILES string of the molecule is O=C(/C=C/c1ccc(Cl)cc1)N1CCN(C(=O)c2cnn3c2CCCC3)CC1. The second-order valence-electron chi connectivity index (χ2n) is 7.19. The molecule has 1 saturated heterocycles. The third-order valence-corrected chi connectivity index (χ3v) is 5.63. The molecule has 6 nitrogen and oxygen atoms in total. The van der Waals surface area contributed by atoms with Gasteiger partial charge in [0.25, 0.3) is 5.91 Å². The summed E-state index contributed by atoms with van der Waals surface area (Å²) in [5, 5.41) is 5.03. The topological polar surface area (TPSA) is 58.4 Å². The van der Waals surface area contributed by atoms with Crippen molar-refractivity contribution in [3.05, 3.63) is 58.4 Å². The molecule has 0 unspecified atom stereocenters. The van der Waals surface area contributed by atoms with Crippen LogP contribution in [0.4, 0.5) is 0 Å². The maximum Gasteiger partial charge on any atom is 0.257 e. The number of carbonyl (C=O) groups excluding carboxylic acids is 2. The zero-order chi connectivity index (χ0) is 19.5. The molecular formula is C21H23ClN4O2. The van der Waals surface area contributed by atoms with Gasteiger partial charge in [0.15, 0.2) is 0 Å². The van der Waals surface area contributed by atoms with E-state index in [1.807, 2.05) is 21.7 Å².